The zero-order chi connectivity index (χ0) is 24.6. The number of H-pyrrole nitrogens is 1. The highest BCUT2D eigenvalue weighted by Crippen LogP contribution is 2.35. The minimum absolute atomic E-state index is 0.0480. The number of aliphatic hydroxyl groups is 1. The Hall–Kier alpha value is -2.47. The molecule has 2 amide bonds. The lowest BCUT2D eigenvalue weighted by molar-refractivity contribution is -0.110. The fraction of sp³-hybridized carbons (Fsp3) is 0.391. The SMILES string of the molecule is Cc1[nH]c(/C=C2\C(=O)Nc3ccc(Br)cc32)c(C)c1C(=O)NCC(O)CN1CCS(=O)(=O)CC1. The molecule has 4 rings (SSSR count). The normalized spacial score (nSPS) is 19.6. The summed E-state index contributed by atoms with van der Waals surface area (Å²) in [5, 5.41) is 15.9. The maximum atomic E-state index is 12.9. The van der Waals surface area contributed by atoms with Crippen LogP contribution in [0.15, 0.2) is 22.7 Å². The number of nitrogens with one attached hydrogen (secondary N) is 3. The van der Waals surface area contributed by atoms with Gasteiger partial charge in [-0.3, -0.25) is 14.5 Å². The molecule has 1 aromatic carbocycles. The van der Waals surface area contributed by atoms with Gasteiger partial charge in [-0.15, -0.1) is 0 Å². The number of anilines is 1. The number of amides is 2. The van der Waals surface area contributed by atoms with Crippen molar-refractivity contribution in [2.24, 2.45) is 0 Å². The Kier molecular flexibility index (Phi) is 6.99. The van der Waals surface area contributed by atoms with E-state index < -0.39 is 15.9 Å². The Labute approximate surface area is 206 Å². The monoisotopic (exact) mass is 550 g/mol. The number of aliphatic hydroxyl groups excluding tert-OH is 1. The molecule has 1 saturated heterocycles. The van der Waals surface area contributed by atoms with E-state index in [2.05, 4.69) is 31.5 Å². The Balaban J connectivity index is 1.44. The molecule has 182 valence electrons. The maximum Gasteiger partial charge on any atom is 0.256 e. The average Bonchev–Trinajstić information content (AvgIpc) is 3.23. The minimum atomic E-state index is -2.98. The topological polar surface area (TPSA) is 132 Å². The lowest BCUT2D eigenvalue weighted by Crippen LogP contribution is -2.46. The summed E-state index contributed by atoms with van der Waals surface area (Å²) in [6.07, 6.45) is 0.925. The Bertz CT molecular complexity index is 1270. The van der Waals surface area contributed by atoms with Gasteiger partial charge in [0.25, 0.3) is 11.8 Å². The number of carbonyl (C=O) groups is 2. The third kappa shape index (κ3) is 5.27. The molecule has 4 N–H and O–H groups in total. The highest BCUT2D eigenvalue weighted by atomic mass is 79.9. The van der Waals surface area contributed by atoms with Crippen molar-refractivity contribution in [1.29, 1.82) is 0 Å². The number of halogens is 1. The van der Waals surface area contributed by atoms with Crippen LogP contribution >= 0.6 is 15.9 Å². The van der Waals surface area contributed by atoms with Gasteiger partial charge in [0.15, 0.2) is 9.84 Å². The summed E-state index contributed by atoms with van der Waals surface area (Å²) >= 11 is 3.43. The second-order valence-electron chi connectivity index (χ2n) is 8.68. The molecule has 34 heavy (non-hydrogen) atoms. The molecule has 3 heterocycles. The van der Waals surface area contributed by atoms with E-state index in [0.29, 0.717) is 47.7 Å². The molecule has 1 atom stereocenters. The second-order valence-corrected chi connectivity index (χ2v) is 11.9. The first-order valence-electron chi connectivity index (χ1n) is 11.0. The Morgan fingerprint density at radius 2 is 2.00 bits per heavy atom. The Morgan fingerprint density at radius 3 is 2.71 bits per heavy atom. The van der Waals surface area contributed by atoms with Gasteiger partial charge < -0.3 is 20.7 Å². The van der Waals surface area contributed by atoms with Crippen LogP contribution in [0.2, 0.25) is 0 Å². The average molecular weight is 551 g/mol. The molecular weight excluding hydrogens is 524 g/mol. The van der Waals surface area contributed by atoms with Crippen molar-refractivity contribution in [2.45, 2.75) is 20.0 Å². The standard InChI is InChI=1S/C23H27BrN4O5S/c1-13-20(10-18-17-9-15(24)3-4-19(17)27-22(18)30)26-14(2)21(13)23(31)25-11-16(29)12-28-5-7-34(32,33)8-6-28/h3-4,9-10,16,26,29H,5-8,11-12H2,1-2H3,(H,25,31)(H,27,30)/b18-10-. The van der Waals surface area contributed by atoms with Gasteiger partial charge in [0, 0.05) is 53.3 Å². The van der Waals surface area contributed by atoms with Crippen molar-refractivity contribution in [2.75, 3.05) is 43.0 Å². The van der Waals surface area contributed by atoms with Crippen LogP contribution in [0.5, 0.6) is 0 Å². The van der Waals surface area contributed by atoms with Gasteiger partial charge in [-0.05, 0) is 43.7 Å². The third-order valence-electron chi connectivity index (χ3n) is 6.16. The summed E-state index contributed by atoms with van der Waals surface area (Å²) in [7, 11) is -2.98. The first-order chi connectivity index (χ1) is 16.0. The van der Waals surface area contributed by atoms with E-state index >= 15 is 0 Å². The fourth-order valence-corrected chi connectivity index (χ4v) is 5.94. The zero-order valence-corrected chi connectivity index (χ0v) is 21.3. The van der Waals surface area contributed by atoms with Crippen molar-refractivity contribution in [3.63, 3.8) is 0 Å². The molecule has 0 saturated carbocycles. The lowest BCUT2D eigenvalue weighted by Gasteiger charge is -2.28. The van der Waals surface area contributed by atoms with Gasteiger partial charge in [0.2, 0.25) is 0 Å². The number of fused-ring (bicyclic) bond motifs is 1. The van der Waals surface area contributed by atoms with Crippen LogP contribution in [-0.4, -0.2) is 79.0 Å². The zero-order valence-electron chi connectivity index (χ0n) is 18.9. The molecule has 2 aliphatic heterocycles. The molecule has 0 aliphatic carbocycles. The second kappa shape index (κ2) is 9.65. The summed E-state index contributed by atoms with van der Waals surface area (Å²) < 4.78 is 23.9. The van der Waals surface area contributed by atoms with E-state index in [0.717, 1.165) is 15.7 Å². The summed E-state index contributed by atoms with van der Waals surface area (Å²) in [4.78, 5) is 30.5. The molecule has 1 unspecified atom stereocenters. The molecule has 2 aromatic rings. The lowest BCUT2D eigenvalue weighted by atomic mass is 10.0. The van der Waals surface area contributed by atoms with Crippen LogP contribution in [0.4, 0.5) is 5.69 Å². The Morgan fingerprint density at radius 1 is 1.29 bits per heavy atom. The largest absolute Gasteiger partial charge is 0.390 e. The minimum Gasteiger partial charge on any atom is -0.390 e. The highest BCUT2D eigenvalue weighted by Gasteiger charge is 2.26. The summed E-state index contributed by atoms with van der Waals surface area (Å²) in [6.45, 7) is 4.70. The number of aromatic nitrogens is 1. The third-order valence-corrected chi connectivity index (χ3v) is 8.26. The molecular formula is C23H27BrN4O5S. The number of aromatic amines is 1. The predicted octanol–water partition coefficient (Wildman–Crippen LogP) is 1.71. The number of carbonyl (C=O) groups excluding carboxylic acids is 2. The number of rotatable bonds is 6. The van der Waals surface area contributed by atoms with Crippen LogP contribution in [0.3, 0.4) is 0 Å². The summed E-state index contributed by atoms with van der Waals surface area (Å²) in [5.74, 6) is -0.355. The first-order valence-corrected chi connectivity index (χ1v) is 13.6. The molecule has 11 heteroatoms. The van der Waals surface area contributed by atoms with E-state index in [1.54, 1.807) is 13.0 Å². The number of β-amino-alcohol motifs (C(OH)–C–C–N with tert-alkyl or cyclic N) is 1. The fourth-order valence-electron chi connectivity index (χ4n) is 4.30. The molecule has 9 nitrogen and oxygen atoms in total. The van der Waals surface area contributed by atoms with Gasteiger partial charge in [-0.2, -0.15) is 0 Å². The quantitative estimate of drug-likeness (QED) is 0.405. The molecule has 0 spiro atoms. The van der Waals surface area contributed by atoms with Crippen molar-refractivity contribution in [1.82, 2.24) is 15.2 Å². The predicted molar refractivity (Wildman–Crippen MR) is 134 cm³/mol. The number of aryl methyl sites for hydroxylation is 1. The molecule has 1 fully saturated rings. The number of hydrogen-bond acceptors (Lipinski definition) is 6. The smallest absolute Gasteiger partial charge is 0.256 e. The molecule has 1 aromatic heterocycles. The summed E-state index contributed by atoms with van der Waals surface area (Å²) in [5.41, 5.74) is 4.52. The van der Waals surface area contributed by atoms with Crippen LogP contribution < -0.4 is 10.6 Å². The molecule has 0 bridgehead atoms. The van der Waals surface area contributed by atoms with Gasteiger partial charge in [0.1, 0.15) is 0 Å². The van der Waals surface area contributed by atoms with E-state index in [1.165, 1.54) is 0 Å². The molecule has 0 radical (unpaired) electrons. The van der Waals surface area contributed by atoms with Crippen molar-refractivity contribution >= 4 is 54.9 Å². The summed E-state index contributed by atoms with van der Waals surface area (Å²) in [6, 6.07) is 5.56. The molecule has 2 aliphatic rings. The van der Waals surface area contributed by atoms with E-state index in [4.69, 9.17) is 0 Å². The van der Waals surface area contributed by atoms with Crippen molar-refractivity contribution in [3.8, 4) is 0 Å². The number of hydrogen-bond donors (Lipinski definition) is 4. The number of sulfone groups is 1. The maximum absolute atomic E-state index is 12.9. The van der Waals surface area contributed by atoms with Gasteiger partial charge in [-0.25, -0.2) is 8.42 Å². The van der Waals surface area contributed by atoms with Crippen LogP contribution in [-0.2, 0) is 14.6 Å². The first kappa shape index (κ1) is 24.6. The number of benzene rings is 1. The van der Waals surface area contributed by atoms with Gasteiger partial charge in [-0.1, -0.05) is 15.9 Å². The van der Waals surface area contributed by atoms with Crippen molar-refractivity contribution in [3.05, 3.63) is 50.8 Å². The van der Waals surface area contributed by atoms with Crippen LogP contribution in [0.25, 0.3) is 11.6 Å². The number of nitrogens with zero attached hydrogens (tertiary/aromatic N) is 1. The highest BCUT2D eigenvalue weighted by molar-refractivity contribution is 9.10. The van der Waals surface area contributed by atoms with E-state index in [-0.39, 0.29) is 29.9 Å². The van der Waals surface area contributed by atoms with E-state index in [1.807, 2.05) is 30.0 Å². The van der Waals surface area contributed by atoms with Crippen LogP contribution in [0.1, 0.15) is 32.9 Å². The van der Waals surface area contributed by atoms with Crippen LogP contribution in [0, 0.1) is 13.8 Å². The van der Waals surface area contributed by atoms with Gasteiger partial charge >= 0.3 is 0 Å². The van der Waals surface area contributed by atoms with Gasteiger partial charge in [0.05, 0.1) is 28.7 Å². The van der Waals surface area contributed by atoms with E-state index in [9.17, 15) is 23.1 Å². The van der Waals surface area contributed by atoms with Crippen molar-refractivity contribution < 1.29 is 23.1 Å².